The number of carbonyl (C=O) groups is 3. The zero-order chi connectivity index (χ0) is 31.0. The van der Waals surface area contributed by atoms with E-state index in [1.54, 1.807) is 60.9 Å². The van der Waals surface area contributed by atoms with Gasteiger partial charge >= 0.3 is 0 Å². The summed E-state index contributed by atoms with van der Waals surface area (Å²) in [5.41, 5.74) is 5.82. The highest BCUT2D eigenvalue weighted by Gasteiger charge is 2.25. The van der Waals surface area contributed by atoms with E-state index >= 15 is 0 Å². The van der Waals surface area contributed by atoms with E-state index in [2.05, 4.69) is 27.8 Å². The summed E-state index contributed by atoms with van der Waals surface area (Å²) in [7, 11) is 0. The number of anilines is 3. The van der Waals surface area contributed by atoms with Crippen LogP contribution in [0.2, 0.25) is 0 Å². The molecule has 6 rings (SSSR count). The average molecular weight is 611 g/mol. The van der Waals surface area contributed by atoms with Gasteiger partial charge in [0.1, 0.15) is 5.70 Å². The van der Waals surface area contributed by atoms with Gasteiger partial charge < -0.3 is 10.6 Å². The Morgan fingerprint density at radius 3 is 2.16 bits per heavy atom. The van der Waals surface area contributed by atoms with E-state index in [9.17, 15) is 14.4 Å². The lowest BCUT2D eigenvalue weighted by Gasteiger charge is -2.25. The molecule has 7 nitrogen and oxygen atoms in total. The van der Waals surface area contributed by atoms with Gasteiger partial charge in [-0.2, -0.15) is 0 Å². The molecule has 3 amide bonds. The number of fused-ring (bicyclic) bond motifs is 2. The molecule has 1 aliphatic rings. The van der Waals surface area contributed by atoms with E-state index in [1.165, 1.54) is 11.8 Å². The second-order valence-electron chi connectivity index (χ2n) is 10.4. The van der Waals surface area contributed by atoms with Crippen molar-refractivity contribution in [1.29, 1.82) is 0 Å². The van der Waals surface area contributed by atoms with Crippen LogP contribution in [-0.4, -0.2) is 28.5 Å². The number of para-hydroxylation sites is 2. The van der Waals surface area contributed by atoms with Crippen molar-refractivity contribution in [2.75, 3.05) is 16.0 Å². The number of rotatable bonds is 8. The van der Waals surface area contributed by atoms with Gasteiger partial charge in [0.2, 0.25) is 5.91 Å². The van der Waals surface area contributed by atoms with Crippen LogP contribution in [0.1, 0.15) is 27.0 Å². The molecular formula is C37H30N4O3S. The summed E-state index contributed by atoms with van der Waals surface area (Å²) in [5.74, 6) is -0.708. The standard InChI is InChI=1S/C37H30N4O3S/c42-35(41-33-17-6-4-11-27(33)19-20-28-12-5-7-18-34(28)41)25-45-31-16-8-15-30(23-31)39-37(44)32(22-26-10-9-21-38-24-26)40-36(43)29-13-2-1-3-14-29/h1-18,21-24H,19-20,25H2,(H,39,44)(H,40,43)/b32-22-. The highest BCUT2D eigenvalue weighted by atomic mass is 32.2. The molecule has 0 atom stereocenters. The predicted octanol–water partition coefficient (Wildman–Crippen LogP) is 7.05. The normalized spacial score (nSPS) is 12.4. The Hall–Kier alpha value is -5.47. The first-order valence-electron chi connectivity index (χ1n) is 14.6. The summed E-state index contributed by atoms with van der Waals surface area (Å²) in [6, 6.07) is 35.7. The van der Waals surface area contributed by atoms with Crippen molar-refractivity contribution >= 4 is 52.6 Å². The fourth-order valence-corrected chi connectivity index (χ4v) is 5.99. The van der Waals surface area contributed by atoms with Crippen molar-refractivity contribution in [3.8, 4) is 0 Å². The molecule has 8 heteroatoms. The molecule has 0 spiro atoms. The highest BCUT2D eigenvalue weighted by Crippen LogP contribution is 2.37. The fraction of sp³-hybridized carbons (Fsp3) is 0.0811. The number of carbonyl (C=O) groups excluding carboxylic acids is 3. The smallest absolute Gasteiger partial charge is 0.272 e. The summed E-state index contributed by atoms with van der Waals surface area (Å²) in [5, 5.41) is 5.63. The number of aryl methyl sites for hydroxylation is 2. The second kappa shape index (κ2) is 13.9. The fourth-order valence-electron chi connectivity index (χ4n) is 5.19. The minimum Gasteiger partial charge on any atom is -0.321 e. The van der Waals surface area contributed by atoms with Crippen molar-refractivity contribution in [3.63, 3.8) is 0 Å². The Bertz CT molecular complexity index is 1830. The van der Waals surface area contributed by atoms with Crippen molar-refractivity contribution in [1.82, 2.24) is 10.3 Å². The third-order valence-corrected chi connectivity index (χ3v) is 8.34. The van der Waals surface area contributed by atoms with Crippen molar-refractivity contribution in [3.05, 3.63) is 156 Å². The summed E-state index contributed by atoms with van der Waals surface area (Å²) in [6.45, 7) is 0. The zero-order valence-electron chi connectivity index (χ0n) is 24.4. The van der Waals surface area contributed by atoms with Crippen molar-refractivity contribution in [2.24, 2.45) is 0 Å². The van der Waals surface area contributed by atoms with Crippen LogP contribution < -0.4 is 15.5 Å². The topological polar surface area (TPSA) is 91.4 Å². The predicted molar refractivity (Wildman–Crippen MR) is 179 cm³/mol. The van der Waals surface area contributed by atoms with E-state index in [4.69, 9.17) is 0 Å². The van der Waals surface area contributed by atoms with Crippen LogP contribution in [-0.2, 0) is 22.4 Å². The third-order valence-electron chi connectivity index (χ3n) is 7.36. The third kappa shape index (κ3) is 7.20. The number of aromatic nitrogens is 1. The van der Waals surface area contributed by atoms with Gasteiger partial charge in [-0.05, 0) is 84.1 Å². The highest BCUT2D eigenvalue weighted by molar-refractivity contribution is 8.00. The van der Waals surface area contributed by atoms with Crippen LogP contribution >= 0.6 is 11.8 Å². The van der Waals surface area contributed by atoms with E-state index in [1.807, 2.05) is 65.6 Å². The zero-order valence-corrected chi connectivity index (χ0v) is 25.2. The van der Waals surface area contributed by atoms with E-state index in [-0.39, 0.29) is 17.4 Å². The summed E-state index contributed by atoms with van der Waals surface area (Å²) >= 11 is 1.40. The van der Waals surface area contributed by atoms with Crippen LogP contribution in [0, 0.1) is 0 Å². The molecular weight excluding hydrogens is 580 g/mol. The Morgan fingerprint density at radius 1 is 0.778 bits per heavy atom. The van der Waals surface area contributed by atoms with Gasteiger partial charge in [0.25, 0.3) is 11.8 Å². The first-order chi connectivity index (χ1) is 22.0. The van der Waals surface area contributed by atoms with Crippen LogP contribution in [0.3, 0.4) is 0 Å². The monoisotopic (exact) mass is 610 g/mol. The summed E-state index contributed by atoms with van der Waals surface area (Å²) < 4.78 is 0. The van der Waals surface area contributed by atoms with Gasteiger partial charge in [-0.3, -0.25) is 24.3 Å². The van der Waals surface area contributed by atoms with Gasteiger partial charge in [0.15, 0.2) is 0 Å². The molecule has 2 heterocycles. The molecule has 0 fully saturated rings. The average Bonchev–Trinajstić information content (AvgIpc) is 3.25. The SMILES string of the molecule is O=C(Nc1cccc(SCC(=O)N2c3ccccc3CCc3ccccc32)c1)/C(=C/c1cccnc1)NC(=O)c1ccccc1. The largest absolute Gasteiger partial charge is 0.321 e. The lowest BCUT2D eigenvalue weighted by Crippen LogP contribution is -2.30. The number of amides is 3. The first kappa shape index (κ1) is 29.6. The van der Waals surface area contributed by atoms with E-state index < -0.39 is 11.8 Å². The number of pyridine rings is 1. The summed E-state index contributed by atoms with van der Waals surface area (Å²) in [6.07, 6.45) is 6.57. The minimum absolute atomic E-state index is 0.0263. The molecule has 4 aromatic carbocycles. The molecule has 222 valence electrons. The lowest BCUT2D eigenvalue weighted by molar-refractivity contribution is -0.115. The molecule has 0 saturated heterocycles. The molecule has 2 N–H and O–H groups in total. The Kier molecular flexibility index (Phi) is 9.13. The van der Waals surface area contributed by atoms with E-state index in [0.29, 0.717) is 16.8 Å². The number of thioether (sulfide) groups is 1. The molecule has 0 aliphatic carbocycles. The van der Waals surface area contributed by atoms with Crippen LogP contribution in [0.4, 0.5) is 17.1 Å². The van der Waals surface area contributed by atoms with Crippen LogP contribution in [0.5, 0.6) is 0 Å². The van der Waals surface area contributed by atoms with Crippen LogP contribution in [0.25, 0.3) is 6.08 Å². The van der Waals surface area contributed by atoms with Gasteiger partial charge in [-0.1, -0.05) is 66.7 Å². The molecule has 0 unspecified atom stereocenters. The molecule has 0 radical (unpaired) electrons. The maximum Gasteiger partial charge on any atom is 0.272 e. The maximum atomic E-state index is 13.8. The number of nitrogens with zero attached hydrogens (tertiary/aromatic N) is 2. The molecule has 5 aromatic rings. The van der Waals surface area contributed by atoms with Crippen molar-refractivity contribution < 1.29 is 14.4 Å². The first-order valence-corrected chi connectivity index (χ1v) is 15.5. The molecule has 45 heavy (non-hydrogen) atoms. The number of hydrogen-bond acceptors (Lipinski definition) is 5. The Balaban J connectivity index is 1.18. The number of benzene rings is 4. The quantitative estimate of drug-likeness (QED) is 0.145. The number of nitrogens with one attached hydrogen (secondary N) is 2. The van der Waals surface area contributed by atoms with Gasteiger partial charge in [0.05, 0.1) is 17.1 Å². The van der Waals surface area contributed by atoms with E-state index in [0.717, 1.165) is 40.2 Å². The Morgan fingerprint density at radius 2 is 1.47 bits per heavy atom. The van der Waals surface area contributed by atoms with Gasteiger partial charge in [-0.15, -0.1) is 11.8 Å². The van der Waals surface area contributed by atoms with Gasteiger partial charge in [0, 0.05) is 28.5 Å². The second-order valence-corrected chi connectivity index (χ2v) is 11.5. The maximum absolute atomic E-state index is 13.8. The molecule has 1 aromatic heterocycles. The Labute approximate surface area is 266 Å². The molecule has 0 saturated carbocycles. The van der Waals surface area contributed by atoms with Crippen molar-refractivity contribution in [2.45, 2.75) is 17.7 Å². The lowest BCUT2D eigenvalue weighted by atomic mass is 10.0. The molecule has 0 bridgehead atoms. The minimum atomic E-state index is -0.487. The number of hydrogen-bond donors (Lipinski definition) is 2. The summed E-state index contributed by atoms with van der Waals surface area (Å²) in [4.78, 5) is 46.9. The molecule has 1 aliphatic heterocycles. The van der Waals surface area contributed by atoms with Crippen LogP contribution in [0.15, 0.2) is 138 Å². The van der Waals surface area contributed by atoms with Gasteiger partial charge in [-0.25, -0.2) is 0 Å².